The minimum absolute atomic E-state index is 1.05. The van der Waals surface area contributed by atoms with E-state index in [1.54, 1.807) is 0 Å². The molecule has 5 aromatic carbocycles. The van der Waals surface area contributed by atoms with Crippen LogP contribution in [0.4, 0.5) is 0 Å². The maximum absolute atomic E-state index is 3.26. The molecule has 0 heterocycles. The van der Waals surface area contributed by atoms with Crippen LogP contribution in [0.3, 0.4) is 0 Å². The summed E-state index contributed by atoms with van der Waals surface area (Å²) in [5.41, 5.74) is 6.91. The fourth-order valence-corrected chi connectivity index (χ4v) is 4.95. The molecular weight excluding hydrogens is 500 g/mol. The molecule has 0 unspecified atom stereocenters. The molecule has 6 rings (SSSR count). The molecule has 170 valence electrons. The summed E-state index contributed by atoms with van der Waals surface area (Å²) < 4.78 is 1.42. The molecule has 0 saturated heterocycles. The van der Waals surface area contributed by atoms with Gasteiger partial charge in [0.05, 0.1) is 0 Å². The SMILES string of the molecule is CC1=[C-]CC(C)=C1C.[Zr+2]=[C](c1ccccc1)c1ccccc1.c1ccc2c(c1)[cH-]c1ccccc12. The molecule has 35 heavy (non-hydrogen) atoms. The average molecular weight is 530 g/mol. The van der Waals surface area contributed by atoms with Crippen LogP contribution in [0.2, 0.25) is 0 Å². The van der Waals surface area contributed by atoms with Crippen molar-refractivity contribution in [1.82, 2.24) is 0 Å². The van der Waals surface area contributed by atoms with Gasteiger partial charge in [-0.05, 0) is 0 Å². The Kier molecular flexibility index (Phi) is 8.67. The van der Waals surface area contributed by atoms with Gasteiger partial charge in [-0.2, -0.15) is 11.1 Å². The first-order valence-electron chi connectivity index (χ1n) is 12.0. The van der Waals surface area contributed by atoms with Crippen LogP contribution in [0.1, 0.15) is 38.3 Å². The molecule has 0 spiro atoms. The maximum atomic E-state index is 3.26. The molecule has 0 amide bonds. The molecule has 1 aliphatic carbocycles. The van der Waals surface area contributed by atoms with Gasteiger partial charge in [-0.15, -0.1) is 53.1 Å². The Bertz CT molecular complexity index is 1380. The van der Waals surface area contributed by atoms with E-state index in [9.17, 15) is 0 Å². The van der Waals surface area contributed by atoms with Crippen LogP contribution in [0.5, 0.6) is 0 Å². The molecule has 0 bridgehead atoms. The van der Waals surface area contributed by atoms with Crippen LogP contribution >= 0.6 is 0 Å². The second kappa shape index (κ2) is 12.1. The fourth-order valence-electron chi connectivity index (χ4n) is 4.13. The molecule has 5 aromatic rings. The Morgan fingerprint density at radius 2 is 1.06 bits per heavy atom. The predicted octanol–water partition coefficient (Wildman–Crippen LogP) is 8.99. The van der Waals surface area contributed by atoms with Gasteiger partial charge in [0.25, 0.3) is 0 Å². The molecule has 1 heteroatoms. The normalized spacial score (nSPS) is 12.5. The van der Waals surface area contributed by atoms with Crippen LogP contribution < -0.4 is 0 Å². The molecule has 0 nitrogen and oxygen atoms in total. The Labute approximate surface area is 224 Å². The molecule has 0 aliphatic heterocycles. The van der Waals surface area contributed by atoms with Gasteiger partial charge in [0, 0.05) is 0 Å². The minimum atomic E-state index is 1.05. The third-order valence-corrected chi connectivity index (χ3v) is 7.89. The van der Waals surface area contributed by atoms with Crippen molar-refractivity contribution in [2.45, 2.75) is 27.2 Å². The summed E-state index contributed by atoms with van der Waals surface area (Å²) in [6, 6.07) is 40.4. The summed E-state index contributed by atoms with van der Waals surface area (Å²) in [6.07, 6.45) is 4.31. The third-order valence-electron chi connectivity index (χ3n) is 6.47. The van der Waals surface area contributed by atoms with Crippen molar-refractivity contribution in [1.29, 1.82) is 0 Å². The van der Waals surface area contributed by atoms with E-state index in [4.69, 9.17) is 0 Å². The van der Waals surface area contributed by atoms with E-state index in [2.05, 4.69) is 142 Å². The third kappa shape index (κ3) is 6.36. The van der Waals surface area contributed by atoms with Gasteiger partial charge in [0.2, 0.25) is 0 Å². The van der Waals surface area contributed by atoms with Crippen LogP contribution in [0.25, 0.3) is 21.5 Å². The van der Waals surface area contributed by atoms with E-state index >= 15 is 0 Å². The van der Waals surface area contributed by atoms with Gasteiger partial charge in [-0.3, -0.25) is 6.08 Å². The van der Waals surface area contributed by atoms with E-state index in [0.717, 1.165) is 6.42 Å². The van der Waals surface area contributed by atoms with Crippen molar-refractivity contribution in [3.8, 4) is 0 Å². The van der Waals surface area contributed by atoms with Gasteiger partial charge in [-0.1, -0.05) is 50.2 Å². The number of rotatable bonds is 2. The number of hydrogen-bond acceptors (Lipinski definition) is 0. The van der Waals surface area contributed by atoms with E-state index < -0.39 is 0 Å². The van der Waals surface area contributed by atoms with Crippen LogP contribution in [0.15, 0.2) is 132 Å². The summed E-state index contributed by atoms with van der Waals surface area (Å²) in [5.74, 6) is 0. The molecule has 0 aromatic heterocycles. The molecule has 0 fully saturated rings. The number of benzene rings is 4. The van der Waals surface area contributed by atoms with Crippen LogP contribution in [0, 0.1) is 6.08 Å². The Balaban J connectivity index is 0.000000129. The molecule has 0 radical (unpaired) electrons. The molecule has 0 atom stereocenters. The summed E-state index contributed by atoms with van der Waals surface area (Å²) >= 11 is 1.46. The zero-order valence-electron chi connectivity index (χ0n) is 20.7. The minimum Gasteiger partial charge on any atom is -0.126 e. The maximum Gasteiger partial charge on any atom is -0.0771 e. The van der Waals surface area contributed by atoms with Crippen molar-refractivity contribution in [2.75, 3.05) is 0 Å². The topological polar surface area (TPSA) is 0 Å². The smallest absolute Gasteiger partial charge is 0.0771 e. The van der Waals surface area contributed by atoms with Gasteiger partial charge < -0.3 is 0 Å². The van der Waals surface area contributed by atoms with E-state index in [-0.39, 0.29) is 0 Å². The fraction of sp³-hybridized carbons (Fsp3) is 0.118. The Hall–Kier alpha value is -3.02. The monoisotopic (exact) mass is 528 g/mol. The van der Waals surface area contributed by atoms with Crippen LogP contribution in [-0.4, -0.2) is 3.21 Å². The quantitative estimate of drug-likeness (QED) is 0.200. The molecule has 1 aliphatic rings. The van der Waals surface area contributed by atoms with Crippen LogP contribution in [-0.2, 0) is 24.2 Å². The van der Waals surface area contributed by atoms with Gasteiger partial charge in [0.15, 0.2) is 0 Å². The number of fused-ring (bicyclic) bond motifs is 3. The van der Waals surface area contributed by atoms with Gasteiger partial charge >= 0.3 is 99.2 Å². The Morgan fingerprint density at radius 1 is 0.629 bits per heavy atom. The van der Waals surface area contributed by atoms with Crippen molar-refractivity contribution in [2.24, 2.45) is 0 Å². The first kappa shape index (κ1) is 25.1. The van der Waals surface area contributed by atoms with Crippen molar-refractivity contribution < 1.29 is 24.2 Å². The van der Waals surface area contributed by atoms with Gasteiger partial charge in [-0.25, -0.2) is 5.57 Å². The van der Waals surface area contributed by atoms with E-state index in [0.29, 0.717) is 0 Å². The first-order chi connectivity index (χ1) is 17.0. The van der Waals surface area contributed by atoms with Crippen molar-refractivity contribution >= 4 is 24.8 Å². The largest absolute Gasteiger partial charge is 0.126 e. The first-order valence-corrected chi connectivity index (χ1v) is 13.2. The molecule has 0 saturated carbocycles. The van der Waals surface area contributed by atoms with Gasteiger partial charge in [0.1, 0.15) is 0 Å². The summed E-state index contributed by atoms with van der Waals surface area (Å²) in [7, 11) is 0. The zero-order valence-corrected chi connectivity index (χ0v) is 23.1. The van der Waals surface area contributed by atoms with Crippen molar-refractivity contribution in [3.63, 3.8) is 0 Å². The summed E-state index contributed by atoms with van der Waals surface area (Å²) in [4.78, 5) is 0. The zero-order chi connectivity index (χ0) is 24.6. The second-order valence-corrected chi connectivity index (χ2v) is 10.0. The predicted molar refractivity (Wildman–Crippen MR) is 149 cm³/mol. The van der Waals surface area contributed by atoms with Crippen molar-refractivity contribution in [3.05, 3.63) is 149 Å². The van der Waals surface area contributed by atoms with E-state index in [1.807, 2.05) is 0 Å². The Morgan fingerprint density at radius 3 is 1.43 bits per heavy atom. The summed E-state index contributed by atoms with van der Waals surface area (Å²) in [6.45, 7) is 6.44. The molecule has 0 N–H and O–H groups in total. The number of hydrogen-bond donors (Lipinski definition) is 0. The standard InChI is InChI=1S/C13H9.C13H10.C8H11.Zr/c1-3-7-12-10(5-1)9-11-6-2-4-8-13(11)12;1-3-7-12(8-4-1)11-13-9-5-2-6-10-13;1-6-4-5-7(2)8(6)3;/h1-9H;1-10H;4H2,1-3H3;/q-1;;-1;+2. The number of allylic oxidation sites excluding steroid dienone is 4. The van der Waals surface area contributed by atoms with E-state index in [1.165, 1.54) is 76.8 Å². The average Bonchev–Trinajstić information content (AvgIpc) is 3.44. The molecular formula is C34H30Zr. The summed E-state index contributed by atoms with van der Waals surface area (Å²) in [5, 5.41) is 5.39. The second-order valence-electron chi connectivity index (χ2n) is 8.81.